The normalized spacial score (nSPS) is 26.2. The fourth-order valence-corrected chi connectivity index (χ4v) is 3.21. The molecule has 0 radical (unpaired) electrons. The highest BCUT2D eigenvalue weighted by molar-refractivity contribution is 7.89. The molecule has 1 aliphatic rings. The second-order valence-corrected chi connectivity index (χ2v) is 5.39. The fourth-order valence-electron chi connectivity index (χ4n) is 1.50. The molecule has 0 unspecified atom stereocenters. The lowest BCUT2D eigenvalue weighted by molar-refractivity contribution is 0.0393. The van der Waals surface area contributed by atoms with Gasteiger partial charge in [0.2, 0.25) is 10.0 Å². The minimum absolute atomic E-state index is 0.00898. The predicted octanol–water partition coefficient (Wildman–Crippen LogP) is 0.447. The van der Waals surface area contributed by atoms with Gasteiger partial charge >= 0.3 is 0 Å². The Labute approximate surface area is 79.9 Å². The van der Waals surface area contributed by atoms with Crippen molar-refractivity contribution in [2.24, 2.45) is 0 Å². The van der Waals surface area contributed by atoms with E-state index in [2.05, 4.69) is 0 Å². The van der Waals surface area contributed by atoms with E-state index in [9.17, 15) is 8.42 Å². The Hall–Kier alpha value is -0.130. The lowest BCUT2D eigenvalue weighted by Gasteiger charge is -2.32. The van der Waals surface area contributed by atoms with Crippen molar-refractivity contribution in [1.29, 1.82) is 0 Å². The van der Waals surface area contributed by atoms with Gasteiger partial charge in [0.05, 0.1) is 19.0 Å². The Morgan fingerprint density at radius 1 is 1.54 bits per heavy atom. The van der Waals surface area contributed by atoms with Crippen LogP contribution in [-0.4, -0.2) is 44.3 Å². The van der Waals surface area contributed by atoms with E-state index >= 15 is 0 Å². The summed E-state index contributed by atoms with van der Waals surface area (Å²) in [4.78, 5) is 0. The summed E-state index contributed by atoms with van der Waals surface area (Å²) in [5, 5.41) is 0. The third kappa shape index (κ3) is 2.65. The molecule has 0 aromatic heterocycles. The quantitative estimate of drug-likeness (QED) is 0.675. The van der Waals surface area contributed by atoms with Crippen LogP contribution in [0.5, 0.6) is 0 Å². The molecule has 4 nitrogen and oxygen atoms in total. The summed E-state index contributed by atoms with van der Waals surface area (Å²) in [6, 6.07) is -0.00898. The Bertz CT molecular complexity index is 250. The lowest BCUT2D eigenvalue weighted by Crippen LogP contribution is -2.47. The van der Waals surface area contributed by atoms with Gasteiger partial charge in [-0.2, -0.15) is 4.31 Å². The summed E-state index contributed by atoms with van der Waals surface area (Å²) in [5.74, 6) is 0.247. The molecule has 0 saturated carbocycles. The van der Waals surface area contributed by atoms with Gasteiger partial charge in [-0.05, 0) is 13.3 Å². The highest BCUT2D eigenvalue weighted by Crippen LogP contribution is 2.12. The van der Waals surface area contributed by atoms with E-state index in [0.717, 1.165) is 0 Å². The number of nitrogens with zero attached hydrogens (tertiary/aromatic N) is 1. The largest absolute Gasteiger partial charge is 0.378 e. The Kier molecular flexibility index (Phi) is 3.70. The first-order valence-corrected chi connectivity index (χ1v) is 6.26. The van der Waals surface area contributed by atoms with Crippen LogP contribution in [-0.2, 0) is 14.8 Å². The first-order chi connectivity index (χ1) is 6.08. The molecule has 1 atom stereocenters. The highest BCUT2D eigenvalue weighted by Gasteiger charge is 2.28. The zero-order chi connectivity index (χ0) is 9.90. The standard InChI is InChI=1S/C8H17NO3S/c1-3-6-13(10,11)9-4-5-12-7-8(9)2/h8H,3-7H2,1-2H3/t8-/m1/s1. The van der Waals surface area contributed by atoms with E-state index in [-0.39, 0.29) is 11.8 Å². The molecule has 13 heavy (non-hydrogen) atoms. The van der Waals surface area contributed by atoms with Crippen LogP contribution in [0.1, 0.15) is 20.3 Å². The zero-order valence-electron chi connectivity index (χ0n) is 8.19. The molecule has 0 spiro atoms. The van der Waals surface area contributed by atoms with Gasteiger partial charge in [0.25, 0.3) is 0 Å². The van der Waals surface area contributed by atoms with Gasteiger partial charge < -0.3 is 4.74 Å². The third-order valence-corrected chi connectivity index (χ3v) is 4.31. The van der Waals surface area contributed by atoms with E-state index < -0.39 is 10.0 Å². The summed E-state index contributed by atoms with van der Waals surface area (Å²) < 4.78 is 30.1. The smallest absolute Gasteiger partial charge is 0.214 e. The Morgan fingerprint density at radius 2 is 2.23 bits per heavy atom. The number of rotatable bonds is 3. The van der Waals surface area contributed by atoms with Crippen LogP contribution >= 0.6 is 0 Å². The van der Waals surface area contributed by atoms with Crippen LogP contribution in [0.4, 0.5) is 0 Å². The Morgan fingerprint density at radius 3 is 2.77 bits per heavy atom. The maximum absolute atomic E-state index is 11.7. The molecule has 0 aromatic carbocycles. The molecule has 0 N–H and O–H groups in total. The summed E-state index contributed by atoms with van der Waals surface area (Å²) in [7, 11) is -3.03. The van der Waals surface area contributed by atoms with Crippen molar-refractivity contribution in [1.82, 2.24) is 4.31 Å². The summed E-state index contributed by atoms with van der Waals surface area (Å²) >= 11 is 0. The predicted molar refractivity (Wildman–Crippen MR) is 51.1 cm³/mol. The van der Waals surface area contributed by atoms with Gasteiger partial charge in [0, 0.05) is 12.6 Å². The van der Waals surface area contributed by atoms with Crippen LogP contribution in [0.15, 0.2) is 0 Å². The molecule has 1 heterocycles. The molecule has 0 bridgehead atoms. The average molecular weight is 207 g/mol. The van der Waals surface area contributed by atoms with E-state index in [1.807, 2.05) is 13.8 Å². The lowest BCUT2D eigenvalue weighted by atomic mass is 10.3. The van der Waals surface area contributed by atoms with Gasteiger partial charge in [-0.3, -0.25) is 0 Å². The summed E-state index contributed by atoms with van der Waals surface area (Å²) in [5.41, 5.74) is 0. The van der Waals surface area contributed by atoms with Crippen molar-refractivity contribution in [3.05, 3.63) is 0 Å². The SMILES string of the molecule is CCCS(=O)(=O)N1CCOC[C@H]1C. The highest BCUT2D eigenvalue weighted by atomic mass is 32.2. The molecule has 1 aliphatic heterocycles. The molecule has 5 heteroatoms. The molecule has 1 rings (SSSR count). The zero-order valence-corrected chi connectivity index (χ0v) is 9.01. The van der Waals surface area contributed by atoms with Crippen LogP contribution in [0.2, 0.25) is 0 Å². The monoisotopic (exact) mass is 207 g/mol. The Balaban J connectivity index is 2.68. The van der Waals surface area contributed by atoms with E-state index in [1.165, 1.54) is 0 Å². The molecule has 1 fully saturated rings. The molecular weight excluding hydrogens is 190 g/mol. The molecular formula is C8H17NO3S. The van der Waals surface area contributed by atoms with Crippen LogP contribution in [0.3, 0.4) is 0 Å². The van der Waals surface area contributed by atoms with Gasteiger partial charge in [-0.15, -0.1) is 0 Å². The van der Waals surface area contributed by atoms with Gasteiger partial charge in [0.15, 0.2) is 0 Å². The topological polar surface area (TPSA) is 46.6 Å². The van der Waals surface area contributed by atoms with Crippen LogP contribution < -0.4 is 0 Å². The molecule has 0 aromatic rings. The number of morpholine rings is 1. The molecule has 78 valence electrons. The van der Waals surface area contributed by atoms with E-state index in [4.69, 9.17) is 4.74 Å². The summed E-state index contributed by atoms with van der Waals surface area (Å²) in [6.45, 7) is 5.30. The number of ether oxygens (including phenoxy) is 1. The van der Waals surface area contributed by atoms with Gasteiger partial charge in [-0.1, -0.05) is 6.92 Å². The van der Waals surface area contributed by atoms with Gasteiger partial charge in [0.1, 0.15) is 0 Å². The van der Waals surface area contributed by atoms with Crippen molar-refractivity contribution < 1.29 is 13.2 Å². The maximum Gasteiger partial charge on any atom is 0.214 e. The minimum atomic E-state index is -3.03. The van der Waals surface area contributed by atoms with Crippen LogP contribution in [0, 0.1) is 0 Å². The van der Waals surface area contributed by atoms with E-state index in [0.29, 0.717) is 26.2 Å². The molecule has 0 aliphatic carbocycles. The summed E-state index contributed by atoms with van der Waals surface area (Å²) in [6.07, 6.45) is 0.673. The fraction of sp³-hybridized carbons (Fsp3) is 1.00. The minimum Gasteiger partial charge on any atom is -0.378 e. The third-order valence-electron chi connectivity index (χ3n) is 2.13. The van der Waals surface area contributed by atoms with Crippen molar-refractivity contribution >= 4 is 10.0 Å². The number of hydrogen-bond donors (Lipinski definition) is 0. The van der Waals surface area contributed by atoms with Crippen molar-refractivity contribution in [2.45, 2.75) is 26.3 Å². The first kappa shape index (κ1) is 10.9. The van der Waals surface area contributed by atoms with Crippen molar-refractivity contribution in [3.63, 3.8) is 0 Å². The second kappa shape index (κ2) is 4.39. The molecule has 0 amide bonds. The number of hydrogen-bond acceptors (Lipinski definition) is 3. The maximum atomic E-state index is 11.7. The average Bonchev–Trinajstić information content (AvgIpc) is 2.04. The number of sulfonamides is 1. The van der Waals surface area contributed by atoms with Crippen molar-refractivity contribution in [2.75, 3.05) is 25.5 Å². The van der Waals surface area contributed by atoms with Crippen molar-refractivity contribution in [3.8, 4) is 0 Å². The van der Waals surface area contributed by atoms with Gasteiger partial charge in [-0.25, -0.2) is 8.42 Å². The van der Waals surface area contributed by atoms with E-state index in [1.54, 1.807) is 4.31 Å². The first-order valence-electron chi connectivity index (χ1n) is 4.65. The molecule has 1 saturated heterocycles. The second-order valence-electron chi connectivity index (χ2n) is 3.35. The van der Waals surface area contributed by atoms with Crippen LogP contribution in [0.25, 0.3) is 0 Å².